The van der Waals surface area contributed by atoms with E-state index in [0.29, 0.717) is 30.7 Å². The Morgan fingerprint density at radius 3 is 2.53 bits per heavy atom. The SMILES string of the molecule is CC(C)(C)c1noc([C@@H]2CCCN2C(=O)C[C@H](N)Cc2cc(F)c(F)cc2F)n1.O=CO. The summed E-state index contributed by atoms with van der Waals surface area (Å²) in [5.74, 6) is -2.56. The quantitative estimate of drug-likeness (QED) is 0.524. The summed E-state index contributed by atoms with van der Waals surface area (Å²) < 4.78 is 45.6. The largest absolute Gasteiger partial charge is 0.483 e. The summed E-state index contributed by atoms with van der Waals surface area (Å²) in [6.45, 7) is 6.18. The number of benzene rings is 1. The molecule has 1 aromatic heterocycles. The maximum atomic E-state index is 13.8. The van der Waals surface area contributed by atoms with Crippen LogP contribution in [0.3, 0.4) is 0 Å². The standard InChI is InChI=1S/C20H25F3N4O2.CH2O2/c1-20(2,3)19-25-18(29-26-19)16-5-4-6-27(16)17(28)9-12(24)7-11-8-14(22)15(23)10-13(11)21;2-1-3/h8,10,12,16H,4-7,9,24H2,1-3H3;1H,(H,2,3)/t12-,16+;/m1./s1. The van der Waals surface area contributed by atoms with Gasteiger partial charge in [0.05, 0.1) is 0 Å². The van der Waals surface area contributed by atoms with Crippen LogP contribution >= 0.6 is 0 Å². The predicted molar refractivity (Wildman–Crippen MR) is 108 cm³/mol. The van der Waals surface area contributed by atoms with E-state index in [1.807, 2.05) is 20.8 Å². The van der Waals surface area contributed by atoms with Crippen molar-refractivity contribution in [1.82, 2.24) is 15.0 Å². The summed E-state index contributed by atoms with van der Waals surface area (Å²) >= 11 is 0. The first-order valence-electron chi connectivity index (χ1n) is 10.1. The van der Waals surface area contributed by atoms with E-state index in [2.05, 4.69) is 10.1 Å². The van der Waals surface area contributed by atoms with Crippen LogP contribution in [0.1, 0.15) is 63.4 Å². The van der Waals surface area contributed by atoms with Crippen molar-refractivity contribution in [3.63, 3.8) is 0 Å². The van der Waals surface area contributed by atoms with Crippen molar-refractivity contribution >= 4 is 12.4 Å². The molecule has 3 rings (SSSR count). The highest BCUT2D eigenvalue weighted by atomic mass is 19.2. The van der Waals surface area contributed by atoms with Gasteiger partial charge in [-0.15, -0.1) is 0 Å². The average molecular weight is 456 g/mol. The molecule has 11 heteroatoms. The van der Waals surface area contributed by atoms with Gasteiger partial charge in [-0.2, -0.15) is 4.98 Å². The number of likely N-dealkylation sites (tertiary alicyclic amines) is 1. The zero-order valence-electron chi connectivity index (χ0n) is 18.1. The van der Waals surface area contributed by atoms with Crippen LogP contribution in [-0.2, 0) is 21.4 Å². The summed E-state index contributed by atoms with van der Waals surface area (Å²) in [4.78, 5) is 27.2. The van der Waals surface area contributed by atoms with Crippen molar-refractivity contribution in [3.8, 4) is 0 Å². The molecular formula is C21H27F3N4O4. The van der Waals surface area contributed by atoms with E-state index >= 15 is 0 Å². The van der Waals surface area contributed by atoms with Gasteiger partial charge in [-0.05, 0) is 30.9 Å². The first-order valence-corrected chi connectivity index (χ1v) is 10.1. The second-order valence-electron chi connectivity index (χ2n) is 8.58. The Labute approximate surface area is 183 Å². The van der Waals surface area contributed by atoms with Crippen LogP contribution in [0, 0.1) is 17.5 Å². The molecule has 2 atom stereocenters. The van der Waals surface area contributed by atoms with Crippen molar-refractivity contribution < 1.29 is 32.4 Å². The first kappa shape index (κ1) is 25.3. The Balaban J connectivity index is 0.00000114. The number of hydrogen-bond acceptors (Lipinski definition) is 6. The van der Waals surface area contributed by atoms with Gasteiger partial charge < -0.3 is 20.3 Å². The smallest absolute Gasteiger partial charge is 0.290 e. The number of halogens is 3. The molecule has 0 aliphatic carbocycles. The minimum Gasteiger partial charge on any atom is -0.483 e. The number of rotatable bonds is 5. The van der Waals surface area contributed by atoms with Crippen molar-refractivity contribution in [2.75, 3.05) is 6.54 Å². The summed E-state index contributed by atoms with van der Waals surface area (Å²) in [5.41, 5.74) is 5.66. The minimum atomic E-state index is -1.26. The van der Waals surface area contributed by atoms with Crippen LogP contribution in [0.15, 0.2) is 16.7 Å². The fourth-order valence-electron chi connectivity index (χ4n) is 3.41. The Bertz CT molecular complexity index is 946. The molecule has 0 radical (unpaired) electrons. The molecule has 1 saturated heterocycles. The van der Waals surface area contributed by atoms with Crippen LogP contribution in [0.2, 0.25) is 0 Å². The van der Waals surface area contributed by atoms with Crippen molar-refractivity contribution in [1.29, 1.82) is 0 Å². The summed E-state index contributed by atoms with van der Waals surface area (Å²) in [7, 11) is 0. The summed E-state index contributed by atoms with van der Waals surface area (Å²) in [6.07, 6.45) is 1.35. The van der Waals surface area contributed by atoms with Gasteiger partial charge in [-0.1, -0.05) is 25.9 Å². The van der Waals surface area contributed by atoms with E-state index in [1.54, 1.807) is 4.90 Å². The third-order valence-electron chi connectivity index (χ3n) is 4.98. The predicted octanol–water partition coefficient (Wildman–Crippen LogP) is 3.11. The van der Waals surface area contributed by atoms with Gasteiger partial charge in [0.2, 0.25) is 11.8 Å². The van der Waals surface area contributed by atoms with Crippen molar-refractivity contribution in [3.05, 3.63) is 46.9 Å². The van der Waals surface area contributed by atoms with Gasteiger partial charge in [0.25, 0.3) is 6.47 Å². The third kappa shape index (κ3) is 6.28. The molecule has 32 heavy (non-hydrogen) atoms. The first-order chi connectivity index (χ1) is 15.0. The second-order valence-corrected chi connectivity index (χ2v) is 8.58. The lowest BCUT2D eigenvalue weighted by molar-refractivity contribution is -0.133. The summed E-state index contributed by atoms with van der Waals surface area (Å²) in [5, 5.41) is 10.9. The fourth-order valence-corrected chi connectivity index (χ4v) is 3.41. The van der Waals surface area contributed by atoms with Gasteiger partial charge >= 0.3 is 0 Å². The number of aromatic nitrogens is 2. The molecule has 1 amide bonds. The third-order valence-corrected chi connectivity index (χ3v) is 4.98. The van der Waals surface area contributed by atoms with Crippen molar-refractivity contribution in [2.24, 2.45) is 5.73 Å². The number of nitrogens with two attached hydrogens (primary N) is 1. The monoisotopic (exact) mass is 456 g/mol. The Hall–Kier alpha value is -2.95. The van der Waals surface area contributed by atoms with Crippen LogP contribution < -0.4 is 5.73 Å². The molecule has 2 aromatic rings. The van der Waals surface area contributed by atoms with Crippen molar-refractivity contribution in [2.45, 2.75) is 64.0 Å². The van der Waals surface area contributed by atoms with Gasteiger partial charge in [0, 0.05) is 30.5 Å². The fraction of sp³-hybridized carbons (Fsp3) is 0.524. The number of carbonyl (C=O) groups excluding carboxylic acids is 1. The van der Waals surface area contributed by atoms with Crippen LogP contribution in [0.4, 0.5) is 13.2 Å². The molecule has 1 aliphatic heterocycles. The zero-order valence-corrected chi connectivity index (χ0v) is 18.1. The maximum absolute atomic E-state index is 13.8. The van der Waals surface area contributed by atoms with Gasteiger partial charge in [0.1, 0.15) is 11.9 Å². The Morgan fingerprint density at radius 2 is 1.94 bits per heavy atom. The number of nitrogens with zero attached hydrogens (tertiary/aromatic N) is 3. The topological polar surface area (TPSA) is 123 Å². The molecule has 8 nitrogen and oxygen atoms in total. The molecule has 2 heterocycles. The molecule has 1 fully saturated rings. The van der Waals surface area contributed by atoms with E-state index in [1.165, 1.54) is 0 Å². The lowest BCUT2D eigenvalue weighted by atomic mass is 9.96. The summed E-state index contributed by atoms with van der Waals surface area (Å²) in [6, 6.07) is 0.201. The Kier molecular flexibility index (Phi) is 8.37. The molecule has 0 bridgehead atoms. The van der Waals surface area contributed by atoms with Crippen LogP contribution in [0.5, 0.6) is 0 Å². The molecule has 0 spiro atoms. The minimum absolute atomic E-state index is 0.0603. The lowest BCUT2D eigenvalue weighted by Gasteiger charge is -2.23. The highest BCUT2D eigenvalue weighted by molar-refractivity contribution is 5.77. The number of carboxylic acid groups (broad SMARTS) is 1. The lowest BCUT2D eigenvalue weighted by Crippen LogP contribution is -2.36. The van der Waals surface area contributed by atoms with E-state index in [-0.39, 0.29) is 42.2 Å². The van der Waals surface area contributed by atoms with E-state index in [4.69, 9.17) is 20.2 Å². The van der Waals surface area contributed by atoms with Crippen LogP contribution in [0.25, 0.3) is 0 Å². The zero-order chi connectivity index (χ0) is 24.1. The second kappa shape index (κ2) is 10.6. The number of amides is 1. The van der Waals surface area contributed by atoms with E-state index in [9.17, 15) is 18.0 Å². The normalized spacial score (nSPS) is 17.0. The molecule has 176 valence electrons. The number of carbonyl (C=O) groups is 2. The highest BCUT2D eigenvalue weighted by Crippen LogP contribution is 2.33. The van der Waals surface area contributed by atoms with Crippen LogP contribution in [-0.4, -0.2) is 45.1 Å². The average Bonchev–Trinajstić information content (AvgIpc) is 3.35. The molecule has 1 aromatic carbocycles. The Morgan fingerprint density at radius 1 is 1.31 bits per heavy atom. The van der Waals surface area contributed by atoms with Gasteiger partial charge in [0.15, 0.2) is 17.5 Å². The highest BCUT2D eigenvalue weighted by Gasteiger charge is 2.35. The van der Waals surface area contributed by atoms with Gasteiger partial charge in [-0.25, -0.2) is 13.2 Å². The molecule has 3 N–H and O–H groups in total. The molecule has 0 unspecified atom stereocenters. The maximum Gasteiger partial charge on any atom is 0.290 e. The number of hydrogen-bond donors (Lipinski definition) is 2. The van der Waals surface area contributed by atoms with E-state index < -0.39 is 23.5 Å². The molecule has 1 aliphatic rings. The van der Waals surface area contributed by atoms with E-state index in [0.717, 1.165) is 12.5 Å². The van der Waals surface area contributed by atoms with Gasteiger partial charge in [-0.3, -0.25) is 9.59 Å². The molecule has 0 saturated carbocycles. The molecular weight excluding hydrogens is 429 g/mol.